The molecule has 0 aliphatic heterocycles. The first kappa shape index (κ1) is 14.8. The van der Waals surface area contributed by atoms with Crippen molar-refractivity contribution in [2.24, 2.45) is 0 Å². The summed E-state index contributed by atoms with van der Waals surface area (Å²) in [5, 5.41) is 6.58. The molecule has 1 amide bonds. The fraction of sp³-hybridized carbons (Fsp3) is 0.111. The van der Waals surface area contributed by atoms with Gasteiger partial charge >= 0.3 is 0 Å². The van der Waals surface area contributed by atoms with Gasteiger partial charge in [-0.2, -0.15) is 0 Å². The lowest BCUT2D eigenvalue weighted by Crippen LogP contribution is -2.19. The summed E-state index contributed by atoms with van der Waals surface area (Å²) in [6.07, 6.45) is 0. The van der Waals surface area contributed by atoms with E-state index in [4.69, 9.17) is 9.26 Å². The van der Waals surface area contributed by atoms with E-state index in [9.17, 15) is 4.79 Å². The molecule has 116 valence electrons. The number of carbonyl (C=O) groups is 1. The zero-order chi connectivity index (χ0) is 16.1. The summed E-state index contributed by atoms with van der Waals surface area (Å²) in [6.45, 7) is 1.93. The maximum Gasteiger partial charge on any atom is 0.264 e. The molecule has 1 N–H and O–H groups in total. The van der Waals surface area contributed by atoms with Crippen LogP contribution in [0, 0.1) is 6.92 Å². The van der Waals surface area contributed by atoms with Gasteiger partial charge in [-0.1, -0.05) is 53.2 Å². The molecule has 1 aromatic heterocycles. The zero-order valence-electron chi connectivity index (χ0n) is 12.7. The molecule has 0 spiro atoms. The van der Waals surface area contributed by atoms with Crippen LogP contribution in [0.5, 0.6) is 5.75 Å². The molecular weight excluding hydrogens is 292 g/mol. The van der Waals surface area contributed by atoms with Gasteiger partial charge < -0.3 is 9.26 Å². The van der Waals surface area contributed by atoms with Crippen molar-refractivity contribution in [3.05, 3.63) is 66.2 Å². The number of rotatable bonds is 5. The Morgan fingerprint density at radius 2 is 1.87 bits per heavy atom. The lowest BCUT2D eigenvalue weighted by molar-refractivity contribution is -0.118. The highest BCUT2D eigenvalue weighted by molar-refractivity contribution is 5.91. The zero-order valence-corrected chi connectivity index (χ0v) is 12.7. The number of carbonyl (C=O) groups excluding carboxylic acids is 1. The van der Waals surface area contributed by atoms with Crippen molar-refractivity contribution in [3.63, 3.8) is 0 Å². The lowest BCUT2D eigenvalue weighted by atomic mass is 10.1. The second kappa shape index (κ2) is 6.79. The van der Waals surface area contributed by atoms with Gasteiger partial charge in [-0.25, -0.2) is 0 Å². The molecule has 3 rings (SSSR count). The average molecular weight is 308 g/mol. The van der Waals surface area contributed by atoms with Crippen molar-refractivity contribution in [1.82, 2.24) is 5.16 Å². The van der Waals surface area contributed by atoms with Gasteiger partial charge in [0.1, 0.15) is 11.4 Å². The van der Waals surface area contributed by atoms with Crippen LogP contribution in [-0.4, -0.2) is 17.7 Å². The minimum Gasteiger partial charge on any atom is -0.484 e. The Labute approximate surface area is 133 Å². The Morgan fingerprint density at radius 3 is 2.61 bits per heavy atom. The molecule has 5 nitrogen and oxygen atoms in total. The van der Waals surface area contributed by atoms with E-state index in [1.165, 1.54) is 5.56 Å². The Morgan fingerprint density at radius 1 is 1.13 bits per heavy atom. The molecular formula is C18H16N2O3. The summed E-state index contributed by atoms with van der Waals surface area (Å²) in [5.41, 5.74) is 2.77. The highest BCUT2D eigenvalue weighted by Crippen LogP contribution is 2.22. The van der Waals surface area contributed by atoms with Crippen LogP contribution in [-0.2, 0) is 4.79 Å². The van der Waals surface area contributed by atoms with Crippen molar-refractivity contribution in [3.8, 4) is 17.0 Å². The molecule has 1 heterocycles. The molecule has 0 bridgehead atoms. The Balaban J connectivity index is 1.58. The van der Waals surface area contributed by atoms with Gasteiger partial charge in [0, 0.05) is 11.6 Å². The second-order valence-corrected chi connectivity index (χ2v) is 5.09. The van der Waals surface area contributed by atoms with Crippen LogP contribution in [0.2, 0.25) is 0 Å². The van der Waals surface area contributed by atoms with Crippen molar-refractivity contribution >= 4 is 11.8 Å². The Kier molecular flexibility index (Phi) is 4.38. The monoisotopic (exact) mass is 308 g/mol. The maximum atomic E-state index is 11.9. The smallest absolute Gasteiger partial charge is 0.264 e. The fourth-order valence-corrected chi connectivity index (χ4v) is 2.03. The fourth-order valence-electron chi connectivity index (χ4n) is 2.03. The number of anilines is 1. The van der Waals surface area contributed by atoms with E-state index in [0.29, 0.717) is 17.3 Å². The molecule has 5 heteroatoms. The molecule has 0 aliphatic carbocycles. The number of hydrogen-bond acceptors (Lipinski definition) is 4. The van der Waals surface area contributed by atoms with Gasteiger partial charge in [0.2, 0.25) is 5.88 Å². The summed E-state index contributed by atoms with van der Waals surface area (Å²) in [5.74, 6) is 0.628. The van der Waals surface area contributed by atoms with Gasteiger partial charge in [-0.05, 0) is 19.1 Å². The first-order chi connectivity index (χ1) is 11.2. The highest BCUT2D eigenvalue weighted by Gasteiger charge is 2.10. The number of ether oxygens (including phenoxy) is 1. The summed E-state index contributed by atoms with van der Waals surface area (Å²) >= 11 is 0. The minimum atomic E-state index is -0.305. The van der Waals surface area contributed by atoms with E-state index in [1.807, 2.05) is 49.4 Å². The van der Waals surface area contributed by atoms with E-state index in [1.54, 1.807) is 18.2 Å². The normalized spacial score (nSPS) is 10.3. The van der Waals surface area contributed by atoms with Crippen molar-refractivity contribution in [2.45, 2.75) is 6.92 Å². The third-order valence-corrected chi connectivity index (χ3v) is 3.23. The van der Waals surface area contributed by atoms with Crippen LogP contribution in [0.15, 0.2) is 65.2 Å². The van der Waals surface area contributed by atoms with E-state index >= 15 is 0 Å². The standard InChI is InChI=1S/C18H16N2O3/c1-13-7-9-14(10-8-13)16-11-18(23-20-16)19-17(21)12-22-15-5-3-2-4-6-15/h2-11H,12H2,1H3,(H,19,21). The van der Waals surface area contributed by atoms with Crippen molar-refractivity contribution in [1.29, 1.82) is 0 Å². The van der Waals surface area contributed by atoms with Crippen molar-refractivity contribution < 1.29 is 14.1 Å². The Bertz CT molecular complexity index is 780. The minimum absolute atomic E-state index is 0.0927. The Hall–Kier alpha value is -3.08. The van der Waals surface area contributed by atoms with Crippen LogP contribution in [0.3, 0.4) is 0 Å². The number of aromatic nitrogens is 1. The average Bonchev–Trinajstić information content (AvgIpc) is 3.03. The molecule has 0 unspecified atom stereocenters. The van der Waals surface area contributed by atoms with Gasteiger partial charge in [-0.15, -0.1) is 0 Å². The number of benzene rings is 2. The van der Waals surface area contributed by atoms with Crippen molar-refractivity contribution in [2.75, 3.05) is 11.9 Å². The number of nitrogens with zero attached hydrogens (tertiary/aromatic N) is 1. The number of hydrogen-bond donors (Lipinski definition) is 1. The van der Waals surface area contributed by atoms with E-state index < -0.39 is 0 Å². The van der Waals surface area contributed by atoms with Gasteiger partial charge in [0.05, 0.1) is 0 Å². The number of amides is 1. The summed E-state index contributed by atoms with van der Waals surface area (Å²) in [7, 11) is 0. The summed E-state index contributed by atoms with van der Waals surface area (Å²) in [6, 6.07) is 18.7. The van der Waals surface area contributed by atoms with E-state index in [-0.39, 0.29) is 12.5 Å². The largest absolute Gasteiger partial charge is 0.484 e. The molecule has 0 radical (unpaired) electrons. The van der Waals surface area contributed by atoms with Gasteiger partial charge in [0.25, 0.3) is 5.91 Å². The van der Waals surface area contributed by atoms with E-state index in [2.05, 4.69) is 10.5 Å². The number of nitrogens with one attached hydrogen (secondary N) is 1. The predicted octanol–water partition coefficient (Wildman–Crippen LogP) is 3.67. The SMILES string of the molecule is Cc1ccc(-c2cc(NC(=O)COc3ccccc3)on2)cc1. The van der Waals surface area contributed by atoms with Crippen LogP contribution in [0.1, 0.15) is 5.56 Å². The topological polar surface area (TPSA) is 64.4 Å². The molecule has 23 heavy (non-hydrogen) atoms. The van der Waals surface area contributed by atoms with E-state index in [0.717, 1.165) is 5.56 Å². The number of aryl methyl sites for hydroxylation is 1. The molecule has 0 atom stereocenters. The molecule has 2 aromatic carbocycles. The predicted molar refractivity (Wildman–Crippen MR) is 87.2 cm³/mol. The molecule has 0 aliphatic rings. The molecule has 0 saturated heterocycles. The first-order valence-electron chi connectivity index (χ1n) is 7.22. The number of para-hydroxylation sites is 1. The van der Waals surface area contributed by atoms with Gasteiger partial charge in [0.15, 0.2) is 6.61 Å². The second-order valence-electron chi connectivity index (χ2n) is 5.09. The van der Waals surface area contributed by atoms with Gasteiger partial charge in [-0.3, -0.25) is 10.1 Å². The molecule has 3 aromatic rings. The third-order valence-electron chi connectivity index (χ3n) is 3.23. The quantitative estimate of drug-likeness (QED) is 0.781. The summed E-state index contributed by atoms with van der Waals surface area (Å²) in [4.78, 5) is 11.9. The van der Waals surface area contributed by atoms with Crippen LogP contribution in [0.4, 0.5) is 5.88 Å². The van der Waals surface area contributed by atoms with Crippen LogP contribution in [0.25, 0.3) is 11.3 Å². The highest BCUT2D eigenvalue weighted by atomic mass is 16.5. The van der Waals surface area contributed by atoms with Crippen LogP contribution < -0.4 is 10.1 Å². The first-order valence-corrected chi connectivity index (χ1v) is 7.22. The lowest BCUT2D eigenvalue weighted by Gasteiger charge is -2.04. The third kappa shape index (κ3) is 3.97. The molecule has 0 saturated carbocycles. The molecule has 0 fully saturated rings. The summed E-state index contributed by atoms with van der Waals surface area (Å²) < 4.78 is 10.5. The maximum absolute atomic E-state index is 11.9. The van der Waals surface area contributed by atoms with Crippen LogP contribution >= 0.6 is 0 Å².